The zero-order chi connectivity index (χ0) is 21.7. The Morgan fingerprint density at radius 1 is 1.17 bits per heavy atom. The van der Waals surface area contributed by atoms with Crippen LogP contribution in [0.25, 0.3) is 0 Å². The van der Waals surface area contributed by atoms with Crippen LogP contribution in [0.15, 0.2) is 11.6 Å². The molecule has 0 saturated heterocycles. The van der Waals surface area contributed by atoms with E-state index in [9.17, 15) is 19.7 Å². The second-order valence-electron chi connectivity index (χ2n) is 10.2. The average Bonchev–Trinajstić information content (AvgIpc) is 3.06. The van der Waals surface area contributed by atoms with Gasteiger partial charge in [0.1, 0.15) is 18.5 Å². The van der Waals surface area contributed by atoms with Gasteiger partial charge in [-0.2, -0.15) is 0 Å². The molecular formula is C23H33NO6. The van der Waals surface area contributed by atoms with Gasteiger partial charge in [0.2, 0.25) is 0 Å². The molecule has 4 aliphatic carbocycles. The van der Waals surface area contributed by atoms with E-state index >= 15 is 0 Å². The van der Waals surface area contributed by atoms with E-state index in [1.54, 1.807) is 6.92 Å². The van der Waals surface area contributed by atoms with Gasteiger partial charge in [-0.15, -0.1) is 10.1 Å². The highest BCUT2D eigenvalue weighted by molar-refractivity contribution is 5.79. The van der Waals surface area contributed by atoms with Crippen molar-refractivity contribution in [2.24, 2.45) is 34.5 Å². The molecule has 4 aliphatic rings. The monoisotopic (exact) mass is 419 g/mol. The standard InChI is InChI=1S/C23H33NO6/c1-14(25)19-6-7-21-18-5-4-16-12-17(30-15(2)26)8-10-22(16,3)20(18)9-11-23(19,21)13-29-24(27)28/h4,17-21H,5-13H2,1-3H3. The molecule has 0 aliphatic heterocycles. The number of Topliss-reactive ketones (excluding diaryl/α,β-unsaturated/α-hetero) is 1. The van der Waals surface area contributed by atoms with Crippen LogP contribution in [-0.4, -0.2) is 29.6 Å². The number of rotatable bonds is 5. The van der Waals surface area contributed by atoms with Crippen molar-refractivity contribution in [1.29, 1.82) is 0 Å². The molecule has 166 valence electrons. The average molecular weight is 420 g/mol. The Balaban J connectivity index is 1.61. The Kier molecular flexibility index (Phi) is 5.43. The van der Waals surface area contributed by atoms with Crippen molar-refractivity contribution >= 4 is 11.8 Å². The second-order valence-corrected chi connectivity index (χ2v) is 10.2. The SMILES string of the molecule is CC(=O)OC1CCC2(C)C(=CCC3C2CCC2(CO[N+](=O)[O-])C(C(C)=O)CCC32)C1. The lowest BCUT2D eigenvalue weighted by atomic mass is 9.47. The van der Waals surface area contributed by atoms with Crippen LogP contribution in [0.3, 0.4) is 0 Å². The second kappa shape index (κ2) is 7.65. The summed E-state index contributed by atoms with van der Waals surface area (Å²) in [5, 5.41) is 10.3. The van der Waals surface area contributed by atoms with Gasteiger partial charge in [-0.05, 0) is 75.0 Å². The van der Waals surface area contributed by atoms with Gasteiger partial charge in [-0.3, -0.25) is 9.59 Å². The predicted octanol–water partition coefficient (Wildman–Crippen LogP) is 4.27. The van der Waals surface area contributed by atoms with E-state index in [2.05, 4.69) is 13.0 Å². The molecule has 0 aromatic rings. The first-order valence-corrected chi connectivity index (χ1v) is 11.3. The van der Waals surface area contributed by atoms with E-state index in [4.69, 9.17) is 9.57 Å². The van der Waals surface area contributed by atoms with E-state index in [0.717, 1.165) is 51.4 Å². The van der Waals surface area contributed by atoms with Gasteiger partial charge in [0.05, 0.1) is 0 Å². The van der Waals surface area contributed by atoms with Crippen LogP contribution < -0.4 is 0 Å². The van der Waals surface area contributed by atoms with Crippen molar-refractivity contribution < 1.29 is 24.3 Å². The lowest BCUT2D eigenvalue weighted by Crippen LogP contribution is -2.53. The number of fused-ring (bicyclic) bond motifs is 5. The number of ether oxygens (including phenoxy) is 1. The number of esters is 1. The summed E-state index contributed by atoms with van der Waals surface area (Å²) in [6.07, 6.45) is 9.50. The Morgan fingerprint density at radius 2 is 1.93 bits per heavy atom. The molecule has 7 heteroatoms. The molecule has 0 spiro atoms. The number of carbonyl (C=O) groups is 2. The van der Waals surface area contributed by atoms with Crippen molar-refractivity contribution in [2.75, 3.05) is 6.61 Å². The third-order valence-corrected chi connectivity index (χ3v) is 9.04. The first kappa shape index (κ1) is 21.3. The number of carbonyl (C=O) groups excluding carboxylic acids is 2. The van der Waals surface area contributed by atoms with E-state index in [0.29, 0.717) is 11.8 Å². The fourth-order valence-corrected chi connectivity index (χ4v) is 7.83. The summed E-state index contributed by atoms with van der Waals surface area (Å²) >= 11 is 0. The van der Waals surface area contributed by atoms with Gasteiger partial charge >= 0.3 is 5.97 Å². The maximum absolute atomic E-state index is 12.4. The highest BCUT2D eigenvalue weighted by Gasteiger charge is 2.61. The van der Waals surface area contributed by atoms with Gasteiger partial charge in [0.25, 0.3) is 5.09 Å². The smallest absolute Gasteiger partial charge is 0.302 e. The van der Waals surface area contributed by atoms with Crippen LogP contribution in [-0.2, 0) is 19.2 Å². The lowest BCUT2D eigenvalue weighted by Gasteiger charge is -2.58. The third kappa shape index (κ3) is 3.34. The summed E-state index contributed by atoms with van der Waals surface area (Å²) in [5.74, 6) is 1.01. The Morgan fingerprint density at radius 3 is 2.60 bits per heavy atom. The predicted molar refractivity (Wildman–Crippen MR) is 109 cm³/mol. The van der Waals surface area contributed by atoms with Gasteiger partial charge in [-0.1, -0.05) is 18.6 Å². The van der Waals surface area contributed by atoms with Crippen LogP contribution >= 0.6 is 0 Å². The minimum absolute atomic E-state index is 0.0249. The summed E-state index contributed by atoms with van der Waals surface area (Å²) in [7, 11) is 0. The molecule has 4 rings (SSSR count). The van der Waals surface area contributed by atoms with Gasteiger partial charge < -0.3 is 9.57 Å². The molecule has 3 fully saturated rings. The molecule has 7 unspecified atom stereocenters. The Labute approximate surface area is 177 Å². The van der Waals surface area contributed by atoms with Crippen LogP contribution in [0.5, 0.6) is 0 Å². The molecule has 0 radical (unpaired) electrons. The summed E-state index contributed by atoms with van der Waals surface area (Å²) in [5.41, 5.74) is 1.09. The highest BCUT2D eigenvalue weighted by Crippen LogP contribution is 2.66. The first-order valence-electron chi connectivity index (χ1n) is 11.3. The van der Waals surface area contributed by atoms with Crippen molar-refractivity contribution in [3.63, 3.8) is 0 Å². The van der Waals surface area contributed by atoms with Crippen LogP contribution in [0.2, 0.25) is 0 Å². The number of nitrogens with zero attached hydrogens (tertiary/aromatic N) is 1. The number of ketones is 1. The fraction of sp³-hybridized carbons (Fsp3) is 0.826. The molecule has 0 aromatic heterocycles. The molecule has 7 atom stereocenters. The van der Waals surface area contributed by atoms with Gasteiger partial charge in [0, 0.05) is 24.7 Å². The molecule has 0 heterocycles. The van der Waals surface area contributed by atoms with Gasteiger partial charge in [-0.25, -0.2) is 0 Å². The Hall–Kier alpha value is -1.92. The zero-order valence-corrected chi connectivity index (χ0v) is 18.2. The van der Waals surface area contributed by atoms with Crippen molar-refractivity contribution in [1.82, 2.24) is 0 Å². The molecule has 7 nitrogen and oxygen atoms in total. The minimum atomic E-state index is -0.704. The van der Waals surface area contributed by atoms with Crippen LogP contribution in [0.4, 0.5) is 0 Å². The van der Waals surface area contributed by atoms with Crippen LogP contribution in [0, 0.1) is 44.6 Å². The number of hydrogen-bond acceptors (Lipinski definition) is 6. The largest absolute Gasteiger partial charge is 0.462 e. The fourth-order valence-electron chi connectivity index (χ4n) is 7.83. The minimum Gasteiger partial charge on any atom is -0.462 e. The molecule has 3 saturated carbocycles. The van der Waals surface area contributed by atoms with E-state index in [1.165, 1.54) is 12.5 Å². The van der Waals surface area contributed by atoms with Crippen molar-refractivity contribution in [3.05, 3.63) is 21.8 Å². The number of hydrogen-bond donors (Lipinski definition) is 0. The van der Waals surface area contributed by atoms with E-state index in [1.807, 2.05) is 0 Å². The molecule has 30 heavy (non-hydrogen) atoms. The number of allylic oxidation sites excluding steroid dienone is 1. The zero-order valence-electron chi connectivity index (χ0n) is 18.2. The summed E-state index contributed by atoms with van der Waals surface area (Å²) in [6.45, 7) is 5.50. The van der Waals surface area contributed by atoms with E-state index < -0.39 is 10.5 Å². The maximum Gasteiger partial charge on any atom is 0.302 e. The van der Waals surface area contributed by atoms with Gasteiger partial charge in [0.15, 0.2) is 0 Å². The summed E-state index contributed by atoms with van der Waals surface area (Å²) in [4.78, 5) is 39.8. The van der Waals surface area contributed by atoms with Crippen LogP contribution in [0.1, 0.15) is 72.1 Å². The van der Waals surface area contributed by atoms with Crippen molar-refractivity contribution in [2.45, 2.75) is 78.2 Å². The summed E-state index contributed by atoms with van der Waals surface area (Å²) < 4.78 is 5.50. The molecule has 0 aromatic carbocycles. The molecule has 0 N–H and O–H groups in total. The quantitative estimate of drug-likeness (QED) is 0.286. The molecule has 0 amide bonds. The first-order chi connectivity index (χ1) is 14.2. The Bertz CT molecular complexity index is 778. The molecular weight excluding hydrogens is 386 g/mol. The highest BCUT2D eigenvalue weighted by atomic mass is 16.9. The summed E-state index contributed by atoms with van der Waals surface area (Å²) in [6, 6.07) is 0. The molecule has 0 bridgehead atoms. The normalized spacial score (nSPS) is 42.2. The van der Waals surface area contributed by atoms with E-state index in [-0.39, 0.29) is 41.7 Å². The third-order valence-electron chi connectivity index (χ3n) is 9.04. The topological polar surface area (TPSA) is 95.7 Å². The maximum atomic E-state index is 12.4. The lowest BCUT2D eigenvalue weighted by molar-refractivity contribution is -0.761. The van der Waals surface area contributed by atoms with Crippen molar-refractivity contribution in [3.8, 4) is 0 Å².